The van der Waals surface area contributed by atoms with E-state index < -0.39 is 0 Å². The lowest BCUT2D eigenvalue weighted by atomic mass is 10.2. The molecule has 3 aromatic rings. The molecule has 1 aliphatic heterocycles. The number of aryl methyl sites for hydroxylation is 1. The highest BCUT2D eigenvalue weighted by atomic mass is 35.5. The molecule has 1 aliphatic rings. The first kappa shape index (κ1) is 22.2. The van der Waals surface area contributed by atoms with Crippen molar-refractivity contribution < 1.29 is 14.3 Å². The second-order valence-electron chi connectivity index (χ2n) is 7.54. The summed E-state index contributed by atoms with van der Waals surface area (Å²) in [6.45, 7) is 6.45. The Morgan fingerprint density at radius 3 is 2.53 bits per heavy atom. The Hall–Kier alpha value is -2.96. The zero-order valence-electron chi connectivity index (χ0n) is 18.1. The van der Waals surface area contributed by atoms with Crippen molar-refractivity contribution in [1.82, 2.24) is 9.47 Å². The molecule has 0 unspecified atom stereocenters. The predicted molar refractivity (Wildman–Crippen MR) is 130 cm³/mol. The topological polar surface area (TPSA) is 51.5 Å². The molecule has 0 aliphatic carbocycles. The quantitative estimate of drug-likeness (QED) is 0.407. The third kappa shape index (κ3) is 4.33. The summed E-state index contributed by atoms with van der Waals surface area (Å²) in [4.78, 5) is 27.0. The lowest BCUT2D eigenvalue weighted by Crippen LogP contribution is -2.32. The van der Waals surface area contributed by atoms with Crippen LogP contribution in [-0.2, 0) is 4.79 Å². The van der Waals surface area contributed by atoms with Crippen LogP contribution in [0.3, 0.4) is 0 Å². The normalized spacial score (nSPS) is 15.1. The number of para-hydroxylation sites is 1. The molecule has 0 atom stereocenters. The Kier molecular flexibility index (Phi) is 6.44. The number of amides is 2. The predicted octanol–water partition coefficient (Wildman–Crippen LogP) is 6.17. The number of thioether (sulfide) groups is 1. The minimum Gasteiger partial charge on any atom is -0.492 e. The van der Waals surface area contributed by atoms with Gasteiger partial charge >= 0.3 is 0 Å². The van der Waals surface area contributed by atoms with E-state index in [1.807, 2.05) is 75.4 Å². The van der Waals surface area contributed by atoms with Gasteiger partial charge < -0.3 is 9.30 Å². The van der Waals surface area contributed by atoms with Crippen LogP contribution in [0.1, 0.15) is 22.5 Å². The molecule has 0 spiro atoms. The number of rotatable bonds is 6. The fourth-order valence-electron chi connectivity index (χ4n) is 3.75. The Balaban J connectivity index is 1.54. The number of benzene rings is 2. The number of ether oxygens (including phenoxy) is 1. The first-order valence-corrected chi connectivity index (χ1v) is 11.4. The van der Waals surface area contributed by atoms with E-state index in [1.165, 1.54) is 4.90 Å². The smallest absolute Gasteiger partial charge is 0.293 e. The summed E-state index contributed by atoms with van der Waals surface area (Å²) in [6.07, 6.45) is 1.79. The van der Waals surface area contributed by atoms with Crippen LogP contribution in [-0.4, -0.2) is 33.8 Å². The highest BCUT2D eigenvalue weighted by Crippen LogP contribution is 2.34. The Morgan fingerprint density at radius 2 is 1.78 bits per heavy atom. The summed E-state index contributed by atoms with van der Waals surface area (Å²) in [5.41, 5.74) is 4.88. The van der Waals surface area contributed by atoms with Crippen molar-refractivity contribution in [2.45, 2.75) is 20.8 Å². The number of halogens is 1. The fraction of sp³-hybridized carbons (Fsp3) is 0.200. The largest absolute Gasteiger partial charge is 0.492 e. The number of carbonyl (C=O) groups excluding carboxylic acids is 2. The zero-order chi connectivity index (χ0) is 22.8. The van der Waals surface area contributed by atoms with Crippen molar-refractivity contribution in [3.63, 3.8) is 0 Å². The number of aromatic nitrogens is 1. The SMILES string of the molecule is Cc1c(Cl)cccc1-n1c(C)cc(/C=C2\SC(=O)N(CCOc3ccccc3)C2=O)c1C. The summed E-state index contributed by atoms with van der Waals surface area (Å²) in [5, 5.41) is 0.424. The van der Waals surface area contributed by atoms with Gasteiger partial charge in [-0.05, 0) is 80.1 Å². The molecule has 32 heavy (non-hydrogen) atoms. The van der Waals surface area contributed by atoms with E-state index in [2.05, 4.69) is 4.57 Å². The van der Waals surface area contributed by atoms with Crippen molar-refractivity contribution in [3.05, 3.63) is 87.0 Å². The Labute approximate surface area is 196 Å². The maximum atomic E-state index is 12.9. The summed E-state index contributed by atoms with van der Waals surface area (Å²) >= 11 is 7.28. The molecule has 2 aromatic carbocycles. The van der Waals surface area contributed by atoms with Gasteiger partial charge in [0, 0.05) is 22.1 Å². The van der Waals surface area contributed by atoms with Gasteiger partial charge in [-0.25, -0.2) is 0 Å². The van der Waals surface area contributed by atoms with E-state index >= 15 is 0 Å². The van der Waals surface area contributed by atoms with Gasteiger partial charge in [-0.2, -0.15) is 0 Å². The van der Waals surface area contributed by atoms with Crippen LogP contribution in [0.5, 0.6) is 5.75 Å². The van der Waals surface area contributed by atoms with E-state index in [4.69, 9.17) is 16.3 Å². The van der Waals surface area contributed by atoms with Crippen LogP contribution in [0.4, 0.5) is 4.79 Å². The molecule has 1 saturated heterocycles. The molecular formula is C25H23ClN2O3S. The molecule has 7 heteroatoms. The summed E-state index contributed by atoms with van der Waals surface area (Å²) in [6, 6.07) is 17.2. The molecule has 1 fully saturated rings. The minimum absolute atomic E-state index is 0.206. The summed E-state index contributed by atoms with van der Waals surface area (Å²) in [7, 11) is 0. The number of nitrogens with zero attached hydrogens (tertiary/aromatic N) is 2. The molecule has 2 heterocycles. The van der Waals surface area contributed by atoms with Crippen molar-refractivity contribution in [2.24, 2.45) is 0 Å². The van der Waals surface area contributed by atoms with E-state index in [1.54, 1.807) is 6.08 Å². The van der Waals surface area contributed by atoms with Gasteiger partial charge in [0.15, 0.2) is 0 Å². The standard InChI is InChI=1S/C25H23ClN2O3S/c1-16-14-19(18(3)28(16)22-11-7-10-21(26)17(22)2)15-23-24(29)27(25(30)32-23)12-13-31-20-8-5-4-6-9-20/h4-11,14-15H,12-13H2,1-3H3/b23-15-. The lowest BCUT2D eigenvalue weighted by Gasteiger charge is -2.14. The molecule has 4 rings (SSSR count). The molecular weight excluding hydrogens is 444 g/mol. The van der Waals surface area contributed by atoms with Gasteiger partial charge in [-0.3, -0.25) is 14.5 Å². The van der Waals surface area contributed by atoms with Crippen molar-refractivity contribution >= 4 is 40.6 Å². The average Bonchev–Trinajstić information content (AvgIpc) is 3.20. The highest BCUT2D eigenvalue weighted by Gasteiger charge is 2.35. The third-order valence-electron chi connectivity index (χ3n) is 5.44. The van der Waals surface area contributed by atoms with Gasteiger partial charge in [0.2, 0.25) is 0 Å². The first-order valence-electron chi connectivity index (χ1n) is 10.2. The van der Waals surface area contributed by atoms with Gasteiger partial charge in [0.25, 0.3) is 11.1 Å². The van der Waals surface area contributed by atoms with Crippen molar-refractivity contribution in [1.29, 1.82) is 0 Å². The second-order valence-corrected chi connectivity index (χ2v) is 8.94. The van der Waals surface area contributed by atoms with Gasteiger partial charge in [0.1, 0.15) is 12.4 Å². The summed E-state index contributed by atoms with van der Waals surface area (Å²) in [5.74, 6) is 0.416. The molecule has 2 amide bonds. The monoisotopic (exact) mass is 466 g/mol. The van der Waals surface area contributed by atoms with E-state index in [-0.39, 0.29) is 24.3 Å². The van der Waals surface area contributed by atoms with Crippen molar-refractivity contribution in [3.8, 4) is 11.4 Å². The fourth-order valence-corrected chi connectivity index (χ4v) is 4.77. The first-order chi connectivity index (χ1) is 15.4. The van der Waals surface area contributed by atoms with Crippen LogP contribution < -0.4 is 4.74 Å². The van der Waals surface area contributed by atoms with Gasteiger partial charge in [0.05, 0.1) is 11.4 Å². The minimum atomic E-state index is -0.291. The van der Waals surface area contributed by atoms with Gasteiger partial charge in [-0.1, -0.05) is 35.9 Å². The van der Waals surface area contributed by atoms with E-state index in [9.17, 15) is 9.59 Å². The molecule has 0 radical (unpaired) electrons. The number of hydrogen-bond donors (Lipinski definition) is 0. The molecule has 164 valence electrons. The van der Waals surface area contributed by atoms with Crippen LogP contribution in [0.25, 0.3) is 11.8 Å². The van der Waals surface area contributed by atoms with Crippen molar-refractivity contribution in [2.75, 3.05) is 13.2 Å². The molecule has 1 aromatic heterocycles. The maximum Gasteiger partial charge on any atom is 0.293 e. The van der Waals surface area contributed by atoms with Gasteiger partial charge in [-0.15, -0.1) is 0 Å². The Bertz CT molecular complexity index is 1220. The Morgan fingerprint density at radius 1 is 1.03 bits per heavy atom. The molecule has 0 bridgehead atoms. The third-order valence-corrected chi connectivity index (χ3v) is 6.75. The molecule has 0 saturated carbocycles. The maximum absolute atomic E-state index is 12.9. The lowest BCUT2D eigenvalue weighted by molar-refractivity contribution is -0.123. The van der Waals surface area contributed by atoms with Crippen LogP contribution in [0.2, 0.25) is 5.02 Å². The highest BCUT2D eigenvalue weighted by molar-refractivity contribution is 8.18. The van der Waals surface area contributed by atoms with Crippen LogP contribution in [0, 0.1) is 20.8 Å². The number of carbonyl (C=O) groups is 2. The zero-order valence-corrected chi connectivity index (χ0v) is 19.7. The second kappa shape index (κ2) is 9.27. The van der Waals surface area contributed by atoms with E-state index in [0.29, 0.717) is 15.7 Å². The average molecular weight is 467 g/mol. The summed E-state index contributed by atoms with van der Waals surface area (Å²) < 4.78 is 7.75. The van der Waals surface area contributed by atoms with E-state index in [0.717, 1.165) is 40.0 Å². The number of hydrogen-bond acceptors (Lipinski definition) is 4. The van der Waals surface area contributed by atoms with Crippen LogP contribution >= 0.6 is 23.4 Å². The van der Waals surface area contributed by atoms with Crippen LogP contribution in [0.15, 0.2) is 59.5 Å². The number of imide groups is 1. The molecule has 0 N–H and O–H groups in total. The molecule has 5 nitrogen and oxygen atoms in total.